The van der Waals surface area contributed by atoms with Gasteiger partial charge in [0, 0.05) is 18.1 Å². The fourth-order valence-electron chi connectivity index (χ4n) is 2.07. The van der Waals surface area contributed by atoms with Gasteiger partial charge in [-0.15, -0.1) is 0 Å². The van der Waals surface area contributed by atoms with Crippen LogP contribution in [0.1, 0.15) is 5.56 Å². The van der Waals surface area contributed by atoms with E-state index < -0.39 is 11.6 Å². The molecule has 0 fully saturated rings. The Hall–Kier alpha value is -2.49. The van der Waals surface area contributed by atoms with Gasteiger partial charge in [-0.25, -0.2) is 8.78 Å². The predicted molar refractivity (Wildman–Crippen MR) is 75.4 cm³/mol. The number of nitrogens with one attached hydrogen (secondary N) is 1. The maximum atomic E-state index is 13.5. The van der Waals surface area contributed by atoms with Crippen molar-refractivity contribution in [3.8, 4) is 0 Å². The molecule has 0 radical (unpaired) electrons. The third-order valence-corrected chi connectivity index (χ3v) is 3.10. The van der Waals surface area contributed by atoms with Crippen LogP contribution in [0.15, 0.2) is 54.7 Å². The maximum absolute atomic E-state index is 13.5. The number of fused-ring (bicyclic) bond motifs is 1. The third-order valence-electron chi connectivity index (χ3n) is 3.10. The fraction of sp³-hybridized carbons (Fsp3) is 0.0625. The molecule has 1 aromatic heterocycles. The second-order valence-corrected chi connectivity index (χ2v) is 4.49. The molecule has 0 amide bonds. The minimum Gasteiger partial charge on any atom is -0.379 e. The van der Waals surface area contributed by atoms with E-state index in [1.165, 1.54) is 12.1 Å². The van der Waals surface area contributed by atoms with Gasteiger partial charge in [-0.05, 0) is 35.9 Å². The molecular weight excluding hydrogens is 258 g/mol. The second kappa shape index (κ2) is 5.25. The van der Waals surface area contributed by atoms with Crippen LogP contribution >= 0.6 is 0 Å². The molecule has 0 aliphatic carbocycles. The van der Waals surface area contributed by atoms with Gasteiger partial charge in [0.25, 0.3) is 0 Å². The molecule has 0 unspecified atom stereocenters. The minimum absolute atomic E-state index is 0.163. The molecule has 3 aromatic rings. The molecule has 0 aliphatic heterocycles. The molecule has 0 atom stereocenters. The zero-order chi connectivity index (χ0) is 13.9. The highest BCUT2D eigenvalue weighted by Gasteiger charge is 2.06. The van der Waals surface area contributed by atoms with E-state index in [4.69, 9.17) is 0 Å². The van der Waals surface area contributed by atoms with Crippen molar-refractivity contribution in [1.29, 1.82) is 0 Å². The highest BCUT2D eigenvalue weighted by molar-refractivity contribution is 5.78. The molecule has 100 valence electrons. The molecule has 3 rings (SSSR count). The lowest BCUT2D eigenvalue weighted by molar-refractivity contribution is 0.511. The van der Waals surface area contributed by atoms with Crippen LogP contribution in [0.3, 0.4) is 0 Å². The van der Waals surface area contributed by atoms with E-state index in [1.54, 1.807) is 6.20 Å². The van der Waals surface area contributed by atoms with Crippen LogP contribution in [0.2, 0.25) is 0 Å². The summed E-state index contributed by atoms with van der Waals surface area (Å²) in [5.41, 5.74) is 2.05. The Kier molecular flexibility index (Phi) is 3.29. The van der Waals surface area contributed by atoms with E-state index >= 15 is 0 Å². The SMILES string of the molecule is Fc1cccc(NCc2ccc3ncccc3c2)c1F. The fourth-order valence-corrected chi connectivity index (χ4v) is 2.07. The van der Waals surface area contributed by atoms with Crippen LogP contribution < -0.4 is 5.32 Å². The first kappa shape index (κ1) is 12.5. The Morgan fingerprint density at radius 3 is 2.80 bits per heavy atom. The normalized spacial score (nSPS) is 10.7. The van der Waals surface area contributed by atoms with Gasteiger partial charge in [-0.2, -0.15) is 0 Å². The molecule has 1 heterocycles. The van der Waals surface area contributed by atoms with Crippen molar-refractivity contribution in [1.82, 2.24) is 4.98 Å². The van der Waals surface area contributed by atoms with Gasteiger partial charge >= 0.3 is 0 Å². The number of anilines is 1. The monoisotopic (exact) mass is 270 g/mol. The highest BCUT2D eigenvalue weighted by Crippen LogP contribution is 2.19. The van der Waals surface area contributed by atoms with Gasteiger partial charge < -0.3 is 5.32 Å². The number of aromatic nitrogens is 1. The zero-order valence-electron chi connectivity index (χ0n) is 10.6. The largest absolute Gasteiger partial charge is 0.379 e. The Morgan fingerprint density at radius 2 is 1.90 bits per heavy atom. The average Bonchev–Trinajstić information content (AvgIpc) is 2.48. The molecule has 0 aliphatic rings. The first-order valence-electron chi connectivity index (χ1n) is 6.25. The zero-order valence-corrected chi connectivity index (χ0v) is 10.6. The summed E-state index contributed by atoms with van der Waals surface area (Å²) in [6.07, 6.45) is 1.74. The van der Waals surface area contributed by atoms with E-state index in [1.807, 2.05) is 30.3 Å². The summed E-state index contributed by atoms with van der Waals surface area (Å²) in [6, 6.07) is 13.7. The lowest BCUT2D eigenvalue weighted by Gasteiger charge is -2.08. The van der Waals surface area contributed by atoms with Crippen LogP contribution in [-0.2, 0) is 6.54 Å². The molecule has 0 saturated carbocycles. The summed E-state index contributed by atoms with van der Waals surface area (Å²) in [5, 5.41) is 3.92. The van der Waals surface area contributed by atoms with Crippen LogP contribution in [0, 0.1) is 11.6 Å². The maximum Gasteiger partial charge on any atom is 0.181 e. The second-order valence-electron chi connectivity index (χ2n) is 4.49. The van der Waals surface area contributed by atoms with E-state index in [2.05, 4.69) is 10.3 Å². The van der Waals surface area contributed by atoms with Crippen molar-refractivity contribution >= 4 is 16.6 Å². The topological polar surface area (TPSA) is 24.9 Å². The Bertz CT molecular complexity index is 756. The smallest absolute Gasteiger partial charge is 0.181 e. The quantitative estimate of drug-likeness (QED) is 0.774. The summed E-state index contributed by atoms with van der Waals surface area (Å²) in [4.78, 5) is 4.24. The van der Waals surface area contributed by atoms with Gasteiger partial charge in [-0.3, -0.25) is 4.98 Å². The van der Waals surface area contributed by atoms with Crippen molar-refractivity contribution in [3.63, 3.8) is 0 Å². The molecule has 1 N–H and O–H groups in total. The number of nitrogens with zero attached hydrogens (tertiary/aromatic N) is 1. The minimum atomic E-state index is -0.852. The predicted octanol–water partition coefficient (Wildman–Crippen LogP) is 4.13. The Labute approximate surface area is 115 Å². The first-order chi connectivity index (χ1) is 9.74. The molecule has 0 saturated heterocycles. The highest BCUT2D eigenvalue weighted by atomic mass is 19.2. The number of halogens is 2. The average molecular weight is 270 g/mol. The van der Waals surface area contributed by atoms with Crippen molar-refractivity contribution in [2.24, 2.45) is 0 Å². The molecular formula is C16H12F2N2. The summed E-state index contributed by atoms with van der Waals surface area (Å²) in [6.45, 7) is 0.422. The van der Waals surface area contributed by atoms with E-state index in [9.17, 15) is 8.78 Å². The van der Waals surface area contributed by atoms with Gasteiger partial charge in [0.05, 0.1) is 11.2 Å². The van der Waals surface area contributed by atoms with Crippen molar-refractivity contribution in [3.05, 3.63) is 71.9 Å². The van der Waals surface area contributed by atoms with Crippen molar-refractivity contribution in [2.45, 2.75) is 6.54 Å². The van der Waals surface area contributed by atoms with E-state index in [0.29, 0.717) is 6.54 Å². The number of benzene rings is 2. The van der Waals surface area contributed by atoms with Gasteiger partial charge in [0.2, 0.25) is 0 Å². The van der Waals surface area contributed by atoms with Crippen molar-refractivity contribution < 1.29 is 8.78 Å². The first-order valence-corrected chi connectivity index (χ1v) is 6.25. The number of hydrogen-bond acceptors (Lipinski definition) is 2. The summed E-state index contributed by atoms with van der Waals surface area (Å²) in [7, 11) is 0. The van der Waals surface area contributed by atoms with E-state index in [0.717, 1.165) is 22.5 Å². The van der Waals surface area contributed by atoms with Crippen molar-refractivity contribution in [2.75, 3.05) is 5.32 Å². The van der Waals surface area contributed by atoms with Gasteiger partial charge in [-0.1, -0.05) is 18.2 Å². The Balaban J connectivity index is 1.81. The summed E-state index contributed by atoms with van der Waals surface area (Å²) < 4.78 is 26.6. The van der Waals surface area contributed by atoms with E-state index in [-0.39, 0.29) is 5.69 Å². The number of hydrogen-bond donors (Lipinski definition) is 1. The summed E-state index contributed by atoms with van der Waals surface area (Å²) in [5.74, 6) is -1.70. The van der Waals surface area contributed by atoms with Crippen LogP contribution in [-0.4, -0.2) is 4.98 Å². The lowest BCUT2D eigenvalue weighted by Crippen LogP contribution is -2.02. The number of pyridine rings is 1. The van der Waals surface area contributed by atoms with Gasteiger partial charge in [0.1, 0.15) is 0 Å². The van der Waals surface area contributed by atoms with Crippen LogP contribution in [0.4, 0.5) is 14.5 Å². The molecule has 20 heavy (non-hydrogen) atoms. The lowest BCUT2D eigenvalue weighted by atomic mass is 10.1. The summed E-state index contributed by atoms with van der Waals surface area (Å²) >= 11 is 0. The third kappa shape index (κ3) is 2.45. The number of rotatable bonds is 3. The van der Waals surface area contributed by atoms with Crippen LogP contribution in [0.25, 0.3) is 10.9 Å². The molecule has 4 heteroatoms. The Morgan fingerprint density at radius 1 is 1.00 bits per heavy atom. The van der Waals surface area contributed by atoms with Gasteiger partial charge in [0.15, 0.2) is 11.6 Å². The van der Waals surface area contributed by atoms with Crippen LogP contribution in [0.5, 0.6) is 0 Å². The molecule has 2 nitrogen and oxygen atoms in total. The molecule has 2 aromatic carbocycles. The molecule has 0 spiro atoms. The standard InChI is InChI=1S/C16H12F2N2/c17-13-4-1-5-15(16(13)18)20-10-11-6-7-14-12(9-11)3-2-8-19-14/h1-9,20H,10H2. The molecule has 0 bridgehead atoms.